The standard InChI is InChI=1S/C22H26O3/c1-5-7-21(17-9-13-19(23-3)14-10-17)25-22(8-6-2)18-11-15-20(24-4)16-12-18/h5-6,9-16,21-22H,1-2,7-8H2,3-4H3. The lowest BCUT2D eigenvalue weighted by atomic mass is 10.0. The van der Waals surface area contributed by atoms with E-state index in [1.54, 1.807) is 14.2 Å². The van der Waals surface area contributed by atoms with Crippen molar-refractivity contribution in [1.82, 2.24) is 0 Å². The summed E-state index contributed by atoms with van der Waals surface area (Å²) in [6.45, 7) is 7.73. The van der Waals surface area contributed by atoms with Gasteiger partial charge in [-0.2, -0.15) is 0 Å². The predicted octanol–water partition coefficient (Wildman–Crippen LogP) is 5.66. The molecule has 2 rings (SSSR count). The molecular weight excluding hydrogens is 312 g/mol. The second kappa shape index (κ2) is 9.70. The highest BCUT2D eigenvalue weighted by Crippen LogP contribution is 2.33. The van der Waals surface area contributed by atoms with E-state index >= 15 is 0 Å². The predicted molar refractivity (Wildman–Crippen MR) is 102 cm³/mol. The maximum atomic E-state index is 6.43. The second-order valence-electron chi connectivity index (χ2n) is 5.71. The molecule has 0 bridgehead atoms. The molecule has 25 heavy (non-hydrogen) atoms. The summed E-state index contributed by atoms with van der Waals surface area (Å²) in [5.74, 6) is 1.66. The molecule has 0 aliphatic carbocycles. The van der Waals surface area contributed by atoms with Crippen LogP contribution in [0.4, 0.5) is 0 Å². The van der Waals surface area contributed by atoms with Crippen LogP contribution in [0.15, 0.2) is 73.8 Å². The normalized spacial score (nSPS) is 12.9. The van der Waals surface area contributed by atoms with Gasteiger partial charge in [0.1, 0.15) is 11.5 Å². The van der Waals surface area contributed by atoms with E-state index < -0.39 is 0 Å². The van der Waals surface area contributed by atoms with Gasteiger partial charge in [0, 0.05) is 0 Å². The smallest absolute Gasteiger partial charge is 0.118 e. The summed E-state index contributed by atoms with van der Waals surface area (Å²) in [5.41, 5.74) is 2.20. The summed E-state index contributed by atoms with van der Waals surface area (Å²) in [7, 11) is 3.33. The van der Waals surface area contributed by atoms with Gasteiger partial charge in [-0.05, 0) is 48.2 Å². The SMILES string of the molecule is C=CCC(OC(CC=C)c1ccc(OC)cc1)c1ccc(OC)cc1. The molecule has 2 aromatic carbocycles. The Kier molecular flexibility index (Phi) is 7.30. The first-order chi connectivity index (χ1) is 12.2. The molecule has 132 valence electrons. The molecule has 0 aromatic heterocycles. The van der Waals surface area contributed by atoms with Crippen molar-refractivity contribution in [3.63, 3.8) is 0 Å². The zero-order chi connectivity index (χ0) is 18.1. The van der Waals surface area contributed by atoms with Gasteiger partial charge in [-0.3, -0.25) is 0 Å². The zero-order valence-corrected chi connectivity index (χ0v) is 15.0. The minimum absolute atomic E-state index is 0.0737. The molecule has 0 aliphatic heterocycles. The molecule has 3 heteroatoms. The fourth-order valence-corrected chi connectivity index (χ4v) is 2.68. The molecule has 3 nitrogen and oxygen atoms in total. The zero-order valence-electron chi connectivity index (χ0n) is 15.0. The van der Waals surface area contributed by atoms with Gasteiger partial charge in [0.15, 0.2) is 0 Å². The van der Waals surface area contributed by atoms with Crippen LogP contribution in [0.3, 0.4) is 0 Å². The van der Waals surface area contributed by atoms with Crippen LogP contribution in [0.1, 0.15) is 36.2 Å². The highest BCUT2D eigenvalue weighted by molar-refractivity contribution is 5.30. The van der Waals surface area contributed by atoms with Gasteiger partial charge in [0.2, 0.25) is 0 Å². The first kappa shape index (κ1) is 18.8. The molecule has 0 amide bonds. The Morgan fingerprint density at radius 3 is 1.36 bits per heavy atom. The van der Waals surface area contributed by atoms with E-state index in [0.29, 0.717) is 0 Å². The summed E-state index contributed by atoms with van der Waals surface area (Å²) in [6, 6.07) is 15.9. The molecule has 0 spiro atoms. The molecule has 0 heterocycles. The Balaban J connectivity index is 2.22. The molecule has 0 saturated heterocycles. The van der Waals surface area contributed by atoms with Crippen LogP contribution in [0.2, 0.25) is 0 Å². The number of hydrogen-bond donors (Lipinski definition) is 0. The fraction of sp³-hybridized carbons (Fsp3) is 0.273. The Morgan fingerprint density at radius 2 is 1.08 bits per heavy atom. The highest BCUT2D eigenvalue weighted by atomic mass is 16.5. The van der Waals surface area contributed by atoms with Crippen molar-refractivity contribution in [1.29, 1.82) is 0 Å². The van der Waals surface area contributed by atoms with E-state index in [1.807, 2.05) is 60.7 Å². The number of rotatable bonds is 10. The topological polar surface area (TPSA) is 27.7 Å². The lowest BCUT2D eigenvalue weighted by molar-refractivity contribution is -0.0120. The Hall–Kier alpha value is -2.52. The van der Waals surface area contributed by atoms with E-state index in [4.69, 9.17) is 14.2 Å². The van der Waals surface area contributed by atoms with Crippen LogP contribution >= 0.6 is 0 Å². The first-order valence-corrected chi connectivity index (χ1v) is 8.37. The number of benzene rings is 2. The fourth-order valence-electron chi connectivity index (χ4n) is 2.68. The summed E-state index contributed by atoms with van der Waals surface area (Å²) < 4.78 is 16.9. The van der Waals surface area contributed by atoms with E-state index in [2.05, 4.69) is 13.2 Å². The van der Waals surface area contributed by atoms with E-state index in [-0.39, 0.29) is 12.2 Å². The van der Waals surface area contributed by atoms with Gasteiger partial charge < -0.3 is 14.2 Å². The lowest BCUT2D eigenvalue weighted by Crippen LogP contribution is -2.10. The van der Waals surface area contributed by atoms with Gasteiger partial charge in [-0.25, -0.2) is 0 Å². The van der Waals surface area contributed by atoms with Crippen LogP contribution in [0, 0.1) is 0 Å². The van der Waals surface area contributed by atoms with Crippen LogP contribution < -0.4 is 9.47 Å². The summed E-state index contributed by atoms with van der Waals surface area (Å²) in [5, 5.41) is 0. The van der Waals surface area contributed by atoms with Crippen molar-refractivity contribution in [2.75, 3.05) is 14.2 Å². The first-order valence-electron chi connectivity index (χ1n) is 8.37. The molecule has 2 aromatic rings. The van der Waals surface area contributed by atoms with Crippen LogP contribution in [-0.2, 0) is 4.74 Å². The summed E-state index contributed by atoms with van der Waals surface area (Å²) >= 11 is 0. The maximum absolute atomic E-state index is 6.43. The quantitative estimate of drug-likeness (QED) is 0.524. The highest BCUT2D eigenvalue weighted by Gasteiger charge is 2.18. The van der Waals surface area contributed by atoms with Crippen LogP contribution in [0.25, 0.3) is 0 Å². The van der Waals surface area contributed by atoms with E-state index in [9.17, 15) is 0 Å². The summed E-state index contributed by atoms with van der Waals surface area (Å²) in [6.07, 6.45) is 5.08. The molecule has 0 saturated carbocycles. The minimum atomic E-state index is -0.0737. The van der Waals surface area contributed by atoms with Crippen molar-refractivity contribution in [3.8, 4) is 11.5 Å². The van der Waals surface area contributed by atoms with E-state index in [1.165, 1.54) is 0 Å². The van der Waals surface area contributed by atoms with Gasteiger partial charge >= 0.3 is 0 Å². The minimum Gasteiger partial charge on any atom is -0.497 e. The van der Waals surface area contributed by atoms with Crippen LogP contribution in [-0.4, -0.2) is 14.2 Å². The Labute approximate surface area is 150 Å². The number of methoxy groups -OCH3 is 2. The van der Waals surface area contributed by atoms with Crippen molar-refractivity contribution in [2.45, 2.75) is 25.0 Å². The van der Waals surface area contributed by atoms with Crippen molar-refractivity contribution >= 4 is 0 Å². The molecule has 0 fully saturated rings. The molecule has 0 N–H and O–H groups in total. The largest absolute Gasteiger partial charge is 0.497 e. The third kappa shape index (κ3) is 5.23. The van der Waals surface area contributed by atoms with Crippen molar-refractivity contribution in [3.05, 3.63) is 85.0 Å². The van der Waals surface area contributed by atoms with Crippen LogP contribution in [0.5, 0.6) is 11.5 Å². The maximum Gasteiger partial charge on any atom is 0.118 e. The van der Waals surface area contributed by atoms with Crippen molar-refractivity contribution in [2.24, 2.45) is 0 Å². The number of hydrogen-bond acceptors (Lipinski definition) is 3. The average molecular weight is 338 g/mol. The Bertz CT molecular complexity index is 599. The third-order valence-electron chi connectivity index (χ3n) is 4.07. The molecule has 2 unspecified atom stereocenters. The van der Waals surface area contributed by atoms with Gasteiger partial charge in [-0.15, -0.1) is 13.2 Å². The molecule has 2 atom stereocenters. The molecular formula is C22H26O3. The third-order valence-corrected chi connectivity index (χ3v) is 4.07. The lowest BCUT2D eigenvalue weighted by Gasteiger charge is -2.25. The monoisotopic (exact) mass is 338 g/mol. The summed E-state index contributed by atoms with van der Waals surface area (Å²) in [4.78, 5) is 0. The van der Waals surface area contributed by atoms with E-state index in [0.717, 1.165) is 35.5 Å². The Morgan fingerprint density at radius 1 is 0.720 bits per heavy atom. The van der Waals surface area contributed by atoms with Gasteiger partial charge in [0.25, 0.3) is 0 Å². The molecule has 0 radical (unpaired) electrons. The van der Waals surface area contributed by atoms with Crippen molar-refractivity contribution < 1.29 is 14.2 Å². The average Bonchev–Trinajstić information content (AvgIpc) is 2.67. The van der Waals surface area contributed by atoms with Gasteiger partial charge in [0.05, 0.1) is 26.4 Å². The molecule has 0 aliphatic rings. The number of ether oxygens (including phenoxy) is 3. The van der Waals surface area contributed by atoms with Gasteiger partial charge in [-0.1, -0.05) is 36.4 Å². The second-order valence-corrected chi connectivity index (χ2v) is 5.71.